The van der Waals surface area contributed by atoms with Gasteiger partial charge in [0.15, 0.2) is 0 Å². The van der Waals surface area contributed by atoms with E-state index in [0.717, 1.165) is 34.1 Å². The third-order valence-electron chi connectivity index (χ3n) is 18.2. The number of fused-ring (bicyclic) bond motifs is 21. The Morgan fingerprint density at radius 1 is 0.234 bits per heavy atom. The number of hydrogen-bond donors (Lipinski definition) is 0. The summed E-state index contributed by atoms with van der Waals surface area (Å²) in [4.78, 5) is 4.96. The Morgan fingerprint density at radius 2 is 0.597 bits per heavy atom. The Balaban J connectivity index is 0.949. The molecule has 364 valence electrons. The average molecular weight is 983 g/mol. The fourth-order valence-electron chi connectivity index (χ4n) is 14.8. The summed E-state index contributed by atoms with van der Waals surface area (Å²) in [5, 5.41) is 5.03. The van der Waals surface area contributed by atoms with Crippen LogP contribution in [-0.4, -0.2) is 0 Å². The Labute approximate surface area is 450 Å². The Morgan fingerprint density at radius 3 is 1.10 bits per heavy atom. The summed E-state index contributed by atoms with van der Waals surface area (Å²) in [6.45, 7) is 9.50. The molecule has 0 saturated carbocycles. The van der Waals surface area contributed by atoms with Gasteiger partial charge in [-0.15, -0.1) is 0 Å². The second kappa shape index (κ2) is 15.9. The van der Waals surface area contributed by atoms with E-state index in [2.05, 4.69) is 292 Å². The molecule has 12 aromatic carbocycles. The molecule has 0 heterocycles. The van der Waals surface area contributed by atoms with E-state index in [9.17, 15) is 0 Å². The SMILES string of the molecule is CC1(C)c2ccccc2-c2ccc(N(c3ccccc3)c3ccc4c(c3)C3(c5ccccc5-c5ccccc53)c3c-4c4ccccc4c4cc(N(c5ccccc5)c5ccc6c(c5)C(C)(C)c5ccccc5-6)ccc34)cc21. The minimum absolute atomic E-state index is 0.135. The maximum atomic E-state index is 2.55. The molecule has 0 fully saturated rings. The van der Waals surface area contributed by atoms with Gasteiger partial charge in [-0.25, -0.2) is 0 Å². The number of nitrogens with zero attached hydrogens (tertiary/aromatic N) is 2. The topological polar surface area (TPSA) is 6.48 Å². The predicted molar refractivity (Wildman–Crippen MR) is 322 cm³/mol. The van der Waals surface area contributed by atoms with Crippen molar-refractivity contribution in [1.29, 1.82) is 0 Å². The van der Waals surface area contributed by atoms with E-state index in [4.69, 9.17) is 0 Å². The second-order valence-electron chi connectivity index (χ2n) is 22.7. The van der Waals surface area contributed by atoms with Gasteiger partial charge in [0.2, 0.25) is 0 Å². The molecule has 16 rings (SSSR count). The third kappa shape index (κ3) is 5.90. The monoisotopic (exact) mass is 982 g/mol. The highest BCUT2D eigenvalue weighted by Gasteiger charge is 2.53. The average Bonchev–Trinajstić information content (AvgIpc) is 4.31. The van der Waals surface area contributed by atoms with Gasteiger partial charge < -0.3 is 9.80 Å². The molecule has 2 heteroatoms. The smallest absolute Gasteiger partial charge is 0.0732 e. The van der Waals surface area contributed by atoms with Crippen molar-refractivity contribution < 1.29 is 0 Å². The third-order valence-corrected chi connectivity index (χ3v) is 18.2. The molecule has 77 heavy (non-hydrogen) atoms. The van der Waals surface area contributed by atoms with E-state index in [0.29, 0.717) is 0 Å². The fraction of sp³-hybridized carbons (Fsp3) is 0.0933. The van der Waals surface area contributed by atoms with Crippen LogP contribution in [0.1, 0.15) is 72.2 Å². The highest BCUT2D eigenvalue weighted by Crippen LogP contribution is 2.66. The van der Waals surface area contributed by atoms with Crippen LogP contribution in [0.4, 0.5) is 34.1 Å². The summed E-state index contributed by atoms with van der Waals surface area (Å²) in [6, 6.07) is 96.4. The van der Waals surface area contributed by atoms with Crippen molar-refractivity contribution in [3.63, 3.8) is 0 Å². The van der Waals surface area contributed by atoms with Crippen LogP contribution in [0.25, 0.3) is 66.1 Å². The lowest BCUT2D eigenvalue weighted by molar-refractivity contribution is 0.660. The van der Waals surface area contributed by atoms with Crippen molar-refractivity contribution in [3.8, 4) is 44.5 Å². The molecule has 0 bridgehead atoms. The lowest BCUT2D eigenvalue weighted by Crippen LogP contribution is -2.26. The molecular formula is C75H54N2. The zero-order valence-electron chi connectivity index (χ0n) is 43.6. The standard InChI is InChI=1S/C75H54N2/c1-73(2)64-31-17-13-26-54(64)58-39-35-50(44-68(58)73)76(47-21-7-5-8-22-47)49-37-41-61-63(43-49)53-25-11-12-30-60(53)71-62-42-38-52(46-70(62)75(72(61)71)66-33-19-15-28-56(66)57-29-16-20-34-67(57)75)77(48-23-9-6-10-24-48)51-36-40-59-55-27-14-18-32-65(55)74(3,4)69(59)45-51/h5-46H,1-4H3. The van der Waals surface area contributed by atoms with E-state index >= 15 is 0 Å². The molecule has 0 radical (unpaired) electrons. The minimum Gasteiger partial charge on any atom is -0.310 e. The first-order valence-corrected chi connectivity index (χ1v) is 27.3. The molecule has 4 aliphatic rings. The van der Waals surface area contributed by atoms with Gasteiger partial charge in [-0.05, 0) is 183 Å². The number of hydrogen-bond acceptors (Lipinski definition) is 2. The number of rotatable bonds is 6. The first-order chi connectivity index (χ1) is 37.7. The molecular weight excluding hydrogens is 929 g/mol. The van der Waals surface area contributed by atoms with Gasteiger partial charge in [0.05, 0.1) is 5.41 Å². The zero-order valence-corrected chi connectivity index (χ0v) is 43.6. The normalized spacial score (nSPS) is 14.8. The summed E-state index contributed by atoms with van der Waals surface area (Å²) >= 11 is 0. The highest BCUT2D eigenvalue weighted by atomic mass is 15.1. The summed E-state index contributed by atoms with van der Waals surface area (Å²) in [7, 11) is 0. The van der Waals surface area contributed by atoms with Crippen LogP contribution >= 0.6 is 0 Å². The Hall–Kier alpha value is -9.24. The Bertz CT molecular complexity index is 4420. The van der Waals surface area contributed by atoms with Crippen molar-refractivity contribution in [1.82, 2.24) is 0 Å². The van der Waals surface area contributed by atoms with Crippen molar-refractivity contribution in [3.05, 3.63) is 299 Å². The molecule has 1 spiro atoms. The van der Waals surface area contributed by atoms with Gasteiger partial charge >= 0.3 is 0 Å². The van der Waals surface area contributed by atoms with Gasteiger partial charge in [0, 0.05) is 45.0 Å². The molecule has 4 aliphatic carbocycles. The molecule has 0 unspecified atom stereocenters. The van der Waals surface area contributed by atoms with Crippen molar-refractivity contribution >= 4 is 55.7 Å². The van der Waals surface area contributed by atoms with Crippen LogP contribution in [0.5, 0.6) is 0 Å². The zero-order chi connectivity index (χ0) is 51.4. The van der Waals surface area contributed by atoms with Gasteiger partial charge in [-0.1, -0.05) is 210 Å². The molecule has 0 atom stereocenters. The first kappa shape index (κ1) is 44.1. The largest absolute Gasteiger partial charge is 0.310 e. The first-order valence-electron chi connectivity index (χ1n) is 27.3. The highest BCUT2D eigenvalue weighted by molar-refractivity contribution is 6.21. The van der Waals surface area contributed by atoms with Gasteiger partial charge in [0.25, 0.3) is 0 Å². The second-order valence-corrected chi connectivity index (χ2v) is 22.7. The van der Waals surface area contributed by atoms with Crippen molar-refractivity contribution in [2.45, 2.75) is 43.9 Å². The molecule has 0 N–H and O–H groups in total. The van der Waals surface area contributed by atoms with Crippen LogP contribution in [-0.2, 0) is 16.2 Å². The van der Waals surface area contributed by atoms with Crippen LogP contribution in [0.3, 0.4) is 0 Å². The fourth-order valence-corrected chi connectivity index (χ4v) is 14.8. The van der Waals surface area contributed by atoms with Gasteiger partial charge in [-0.2, -0.15) is 0 Å². The number of anilines is 6. The van der Waals surface area contributed by atoms with E-state index in [1.54, 1.807) is 0 Å². The van der Waals surface area contributed by atoms with Crippen LogP contribution in [0.15, 0.2) is 255 Å². The Kier molecular flexibility index (Phi) is 9.10. The molecule has 2 nitrogen and oxygen atoms in total. The van der Waals surface area contributed by atoms with E-state index in [1.165, 1.54) is 111 Å². The maximum absolute atomic E-state index is 2.55. The number of benzene rings is 12. The van der Waals surface area contributed by atoms with E-state index in [-0.39, 0.29) is 10.8 Å². The quantitative estimate of drug-likeness (QED) is 0.153. The van der Waals surface area contributed by atoms with Crippen molar-refractivity contribution in [2.24, 2.45) is 0 Å². The molecule has 0 aromatic heterocycles. The van der Waals surface area contributed by atoms with Gasteiger partial charge in [-0.3, -0.25) is 0 Å². The lowest BCUT2D eigenvalue weighted by Gasteiger charge is -2.33. The minimum atomic E-state index is -0.624. The van der Waals surface area contributed by atoms with Crippen LogP contribution in [0.2, 0.25) is 0 Å². The maximum Gasteiger partial charge on any atom is 0.0732 e. The molecule has 0 amide bonds. The number of para-hydroxylation sites is 2. The molecule has 0 aliphatic heterocycles. The van der Waals surface area contributed by atoms with Crippen molar-refractivity contribution in [2.75, 3.05) is 9.80 Å². The summed E-state index contributed by atoms with van der Waals surface area (Å²) < 4.78 is 0. The van der Waals surface area contributed by atoms with Crippen LogP contribution < -0.4 is 9.80 Å². The van der Waals surface area contributed by atoms with E-state index < -0.39 is 5.41 Å². The van der Waals surface area contributed by atoms with E-state index in [1.807, 2.05) is 0 Å². The lowest BCUT2D eigenvalue weighted by atomic mass is 9.69. The molecule has 0 saturated heterocycles. The van der Waals surface area contributed by atoms with Crippen LogP contribution in [0, 0.1) is 0 Å². The van der Waals surface area contributed by atoms with Gasteiger partial charge in [0.1, 0.15) is 0 Å². The summed E-state index contributed by atoms with van der Waals surface area (Å²) in [6.07, 6.45) is 0. The molecule has 12 aromatic rings. The summed E-state index contributed by atoms with van der Waals surface area (Å²) in [5.74, 6) is 0. The summed E-state index contributed by atoms with van der Waals surface area (Å²) in [5.41, 5.74) is 27.2. The predicted octanol–water partition coefficient (Wildman–Crippen LogP) is 19.9.